The van der Waals surface area contributed by atoms with Gasteiger partial charge in [-0.05, 0) is 12.8 Å². The van der Waals surface area contributed by atoms with E-state index in [1.807, 2.05) is 6.92 Å². The van der Waals surface area contributed by atoms with E-state index in [0.717, 1.165) is 25.1 Å². The number of unbranched alkanes of at least 4 members (excludes halogenated alkanes) is 1. The summed E-state index contributed by atoms with van der Waals surface area (Å²) in [6, 6.07) is 0.760. The van der Waals surface area contributed by atoms with Crippen LogP contribution >= 0.6 is 0 Å². The van der Waals surface area contributed by atoms with Gasteiger partial charge < -0.3 is 5.32 Å². The van der Waals surface area contributed by atoms with Gasteiger partial charge in [-0.1, -0.05) is 13.3 Å². The van der Waals surface area contributed by atoms with Crippen LogP contribution in [0.3, 0.4) is 0 Å². The summed E-state index contributed by atoms with van der Waals surface area (Å²) < 4.78 is 28.5. The number of carbonyl (C=O) groups is 1. The fourth-order valence-electron chi connectivity index (χ4n) is 2.05. The zero-order chi connectivity index (χ0) is 15.4. The zero-order valence-corrected chi connectivity index (χ0v) is 11.5. The van der Waals surface area contributed by atoms with E-state index in [-0.39, 0.29) is 12.2 Å². The number of fused-ring (bicyclic) bond motifs is 1. The molecule has 3 N–H and O–H groups in total. The molecule has 6 nitrogen and oxygen atoms in total. The molecule has 114 valence electrons. The average molecular weight is 298 g/mol. The lowest BCUT2D eigenvalue weighted by atomic mass is 10.2. The van der Waals surface area contributed by atoms with Crippen molar-refractivity contribution in [2.45, 2.75) is 26.2 Å². The highest BCUT2D eigenvalue weighted by Gasteiger charge is 2.16. The van der Waals surface area contributed by atoms with Crippen molar-refractivity contribution in [3.8, 4) is 0 Å². The van der Waals surface area contributed by atoms with E-state index in [0.29, 0.717) is 17.9 Å². The van der Waals surface area contributed by atoms with E-state index >= 15 is 0 Å². The largest absolute Gasteiger partial charge is 0.359 e. The van der Waals surface area contributed by atoms with E-state index in [2.05, 4.69) is 10.3 Å². The van der Waals surface area contributed by atoms with E-state index in [4.69, 9.17) is 5.21 Å². The molecule has 8 heteroatoms. The van der Waals surface area contributed by atoms with Crippen LogP contribution < -0.4 is 10.8 Å². The number of amides is 1. The Kier molecular flexibility index (Phi) is 4.69. The minimum absolute atomic E-state index is 0.00518. The van der Waals surface area contributed by atoms with Gasteiger partial charge in [0.2, 0.25) is 0 Å². The molecule has 0 aliphatic heterocycles. The van der Waals surface area contributed by atoms with Crippen LogP contribution in [0.2, 0.25) is 0 Å². The highest BCUT2D eigenvalue weighted by Crippen LogP contribution is 2.22. The fourth-order valence-corrected chi connectivity index (χ4v) is 2.05. The van der Waals surface area contributed by atoms with Crippen molar-refractivity contribution in [2.75, 3.05) is 11.9 Å². The summed E-state index contributed by atoms with van der Waals surface area (Å²) in [6.45, 7) is 1.78. The smallest absolute Gasteiger partial charge is 0.262 e. The van der Waals surface area contributed by atoms with E-state index in [9.17, 15) is 13.6 Å². The Hall–Kier alpha value is -2.22. The molecule has 0 bridgehead atoms. The van der Waals surface area contributed by atoms with Crippen LogP contribution in [0.4, 0.5) is 14.6 Å². The monoisotopic (exact) mass is 298 g/mol. The summed E-state index contributed by atoms with van der Waals surface area (Å²) in [5, 5.41) is 11.2. The van der Waals surface area contributed by atoms with Gasteiger partial charge in [-0.2, -0.15) is 0 Å². The lowest BCUT2D eigenvalue weighted by Crippen LogP contribution is -2.27. The minimum atomic E-state index is -0.771. The van der Waals surface area contributed by atoms with Crippen molar-refractivity contribution in [1.82, 2.24) is 14.9 Å². The Morgan fingerprint density at radius 1 is 1.48 bits per heavy atom. The van der Waals surface area contributed by atoms with Crippen molar-refractivity contribution < 1.29 is 18.8 Å². The van der Waals surface area contributed by atoms with Gasteiger partial charge in [0.05, 0.1) is 12.2 Å². The summed E-state index contributed by atoms with van der Waals surface area (Å²) in [4.78, 5) is 15.1. The number of nitrogens with zero attached hydrogens (tertiary/aromatic N) is 2. The first-order chi connectivity index (χ1) is 10.1. The molecule has 1 amide bonds. The molecular weight excluding hydrogens is 282 g/mol. The van der Waals surface area contributed by atoms with Crippen molar-refractivity contribution in [3.05, 3.63) is 29.6 Å². The molecule has 0 aromatic carbocycles. The van der Waals surface area contributed by atoms with Gasteiger partial charge in [0.15, 0.2) is 11.5 Å². The number of pyridine rings is 1. The molecule has 0 saturated carbocycles. The number of hydrogen-bond donors (Lipinski definition) is 3. The lowest BCUT2D eigenvalue weighted by molar-refractivity contribution is -0.127. The second-order valence-corrected chi connectivity index (χ2v) is 4.60. The Morgan fingerprint density at radius 2 is 2.24 bits per heavy atom. The highest BCUT2D eigenvalue weighted by atomic mass is 19.1. The lowest BCUT2D eigenvalue weighted by Gasteiger charge is -2.06. The topological polar surface area (TPSA) is 78.7 Å². The Morgan fingerprint density at radius 3 is 2.90 bits per heavy atom. The number of aryl methyl sites for hydroxylation is 1. The molecule has 2 aromatic heterocycles. The third-order valence-corrected chi connectivity index (χ3v) is 3.05. The van der Waals surface area contributed by atoms with Crippen molar-refractivity contribution in [3.63, 3.8) is 0 Å². The van der Waals surface area contributed by atoms with Crippen molar-refractivity contribution in [2.24, 2.45) is 0 Å². The van der Waals surface area contributed by atoms with E-state index in [1.54, 1.807) is 0 Å². The van der Waals surface area contributed by atoms with Crippen LogP contribution in [0.25, 0.3) is 5.65 Å². The maximum Gasteiger partial charge on any atom is 0.262 e. The molecule has 0 unspecified atom stereocenters. The molecule has 2 heterocycles. The molecule has 0 spiro atoms. The predicted octanol–water partition coefficient (Wildman–Crippen LogP) is 1.87. The maximum absolute atomic E-state index is 13.8. The molecular formula is C13H16F2N4O2. The molecule has 2 rings (SSSR count). The molecule has 0 atom stereocenters. The number of rotatable bonds is 6. The quantitative estimate of drug-likeness (QED) is 0.562. The second kappa shape index (κ2) is 6.49. The third kappa shape index (κ3) is 3.27. The molecule has 0 radical (unpaired) electrons. The number of imidazole rings is 1. The van der Waals surface area contributed by atoms with Crippen LogP contribution in [-0.4, -0.2) is 27.0 Å². The first kappa shape index (κ1) is 15.2. The SMILES string of the molecule is CCCCc1c(NCC(=O)NO)nc2c(F)cc(F)cn12. The average Bonchev–Trinajstić information content (AvgIpc) is 2.80. The van der Waals surface area contributed by atoms with Crippen molar-refractivity contribution in [1.29, 1.82) is 0 Å². The zero-order valence-electron chi connectivity index (χ0n) is 11.5. The van der Waals surface area contributed by atoms with Gasteiger partial charge in [-0.15, -0.1) is 0 Å². The van der Waals surface area contributed by atoms with Crippen LogP contribution in [-0.2, 0) is 11.2 Å². The van der Waals surface area contributed by atoms with Crippen LogP contribution in [0, 0.1) is 11.6 Å². The van der Waals surface area contributed by atoms with Gasteiger partial charge in [-0.3, -0.25) is 14.4 Å². The number of hydroxylamine groups is 1. The summed E-state index contributed by atoms with van der Waals surface area (Å²) in [5.74, 6) is -1.82. The Labute approximate surface area is 119 Å². The molecule has 0 aliphatic carbocycles. The summed E-state index contributed by atoms with van der Waals surface area (Å²) in [6.07, 6.45) is 3.44. The first-order valence-electron chi connectivity index (χ1n) is 6.59. The van der Waals surface area contributed by atoms with E-state index in [1.165, 1.54) is 9.88 Å². The normalized spacial score (nSPS) is 10.9. The van der Waals surface area contributed by atoms with Gasteiger partial charge in [-0.25, -0.2) is 19.2 Å². The maximum atomic E-state index is 13.8. The number of hydrogen-bond acceptors (Lipinski definition) is 4. The number of halogens is 2. The number of carbonyl (C=O) groups excluding carboxylic acids is 1. The second-order valence-electron chi connectivity index (χ2n) is 4.60. The van der Waals surface area contributed by atoms with E-state index < -0.39 is 17.5 Å². The summed E-state index contributed by atoms with van der Waals surface area (Å²) in [5.41, 5.74) is 2.07. The molecule has 0 saturated heterocycles. The first-order valence-corrected chi connectivity index (χ1v) is 6.59. The van der Waals surface area contributed by atoms with Crippen LogP contribution in [0.1, 0.15) is 25.5 Å². The van der Waals surface area contributed by atoms with Gasteiger partial charge in [0.25, 0.3) is 5.91 Å². The van der Waals surface area contributed by atoms with Crippen LogP contribution in [0.5, 0.6) is 0 Å². The molecule has 0 fully saturated rings. The van der Waals surface area contributed by atoms with Crippen molar-refractivity contribution >= 4 is 17.4 Å². The fraction of sp³-hybridized carbons (Fsp3) is 0.385. The predicted molar refractivity (Wildman–Crippen MR) is 72.1 cm³/mol. The molecule has 21 heavy (non-hydrogen) atoms. The van der Waals surface area contributed by atoms with Gasteiger partial charge >= 0.3 is 0 Å². The summed E-state index contributed by atoms with van der Waals surface area (Å²) >= 11 is 0. The number of anilines is 1. The Balaban J connectivity index is 2.42. The number of nitrogens with one attached hydrogen (secondary N) is 2. The summed E-state index contributed by atoms with van der Waals surface area (Å²) in [7, 11) is 0. The standard InChI is InChI=1S/C13H16F2N4O2/c1-2-3-4-10-12(16-6-11(20)18-21)17-13-9(15)5-8(14)7-19(10)13/h5,7,16,21H,2-4,6H2,1H3,(H,18,20). The minimum Gasteiger partial charge on any atom is -0.359 e. The number of aromatic nitrogens is 2. The van der Waals surface area contributed by atoms with Gasteiger partial charge in [0, 0.05) is 12.3 Å². The van der Waals surface area contributed by atoms with Gasteiger partial charge in [0.1, 0.15) is 11.6 Å². The highest BCUT2D eigenvalue weighted by molar-refractivity contribution is 5.79. The Bertz CT molecular complexity index is 657. The molecule has 2 aromatic rings. The third-order valence-electron chi connectivity index (χ3n) is 3.05. The molecule has 0 aliphatic rings. The van der Waals surface area contributed by atoms with Crippen LogP contribution in [0.15, 0.2) is 12.3 Å².